The summed E-state index contributed by atoms with van der Waals surface area (Å²) in [4.78, 5) is 15.1. The third kappa shape index (κ3) is 3.85. The van der Waals surface area contributed by atoms with E-state index >= 15 is 0 Å². The van der Waals surface area contributed by atoms with Crippen LogP contribution in [0.15, 0.2) is 30.3 Å². The number of amides is 1. The molecule has 3 rings (SSSR count). The summed E-state index contributed by atoms with van der Waals surface area (Å²) in [7, 11) is 0. The smallest absolute Gasteiger partial charge is 0.267 e. The molecule has 4 nitrogen and oxygen atoms in total. The van der Waals surface area contributed by atoms with E-state index in [-0.39, 0.29) is 12.5 Å². The van der Waals surface area contributed by atoms with Gasteiger partial charge in [-0.25, -0.2) is 0 Å². The number of aliphatic hydroxyl groups is 1. The van der Waals surface area contributed by atoms with E-state index in [1.165, 1.54) is 0 Å². The molecule has 0 aliphatic heterocycles. The molecule has 0 bridgehead atoms. The molecular formula is C17H24N2O2. The molecule has 1 heterocycles. The van der Waals surface area contributed by atoms with Crippen molar-refractivity contribution in [1.29, 1.82) is 0 Å². The molecule has 2 aromatic rings. The number of benzene rings is 1. The van der Waals surface area contributed by atoms with Crippen LogP contribution in [0.3, 0.4) is 0 Å². The fourth-order valence-electron chi connectivity index (χ4n) is 2.55. The Kier molecular flexibility index (Phi) is 5.39. The van der Waals surface area contributed by atoms with E-state index in [2.05, 4.69) is 10.3 Å². The number of aliphatic hydroxyl groups excluding tert-OH is 1. The van der Waals surface area contributed by atoms with Crippen LogP contribution < -0.4 is 5.32 Å². The molecule has 0 saturated heterocycles. The molecule has 4 heteroatoms. The number of nitrogens with one attached hydrogen (secondary N) is 2. The number of rotatable bonds is 5. The van der Waals surface area contributed by atoms with E-state index in [0.29, 0.717) is 24.1 Å². The minimum atomic E-state index is -0.0580. The lowest BCUT2D eigenvalue weighted by atomic mass is 10.2. The number of hydrogen-bond donors (Lipinski definition) is 3. The van der Waals surface area contributed by atoms with Gasteiger partial charge in [-0.3, -0.25) is 4.79 Å². The van der Waals surface area contributed by atoms with Crippen molar-refractivity contribution in [2.45, 2.75) is 26.7 Å². The van der Waals surface area contributed by atoms with Crippen molar-refractivity contribution in [3.8, 4) is 0 Å². The van der Waals surface area contributed by atoms with Crippen LogP contribution in [0.2, 0.25) is 0 Å². The van der Waals surface area contributed by atoms with Gasteiger partial charge in [0.25, 0.3) is 5.91 Å². The summed E-state index contributed by atoms with van der Waals surface area (Å²) in [6.07, 6.45) is 2.05. The van der Waals surface area contributed by atoms with Crippen LogP contribution in [0.25, 0.3) is 10.9 Å². The zero-order valence-corrected chi connectivity index (χ0v) is 12.7. The minimum absolute atomic E-state index is 0.0580. The Bertz CT molecular complexity index is 558. The van der Waals surface area contributed by atoms with Crippen molar-refractivity contribution >= 4 is 16.8 Å². The summed E-state index contributed by atoms with van der Waals surface area (Å²) in [6, 6.07) is 9.72. The molecule has 2 unspecified atom stereocenters. The Morgan fingerprint density at radius 3 is 2.76 bits per heavy atom. The predicted octanol–water partition coefficient (Wildman–Crippen LogP) is 2.94. The molecule has 0 radical (unpaired) electrons. The highest BCUT2D eigenvalue weighted by atomic mass is 16.3. The fourth-order valence-corrected chi connectivity index (χ4v) is 2.55. The Hall–Kier alpha value is -1.81. The first-order valence-corrected chi connectivity index (χ1v) is 7.74. The van der Waals surface area contributed by atoms with Gasteiger partial charge in [-0.1, -0.05) is 32.0 Å². The van der Waals surface area contributed by atoms with Gasteiger partial charge in [0, 0.05) is 24.1 Å². The topological polar surface area (TPSA) is 65.1 Å². The summed E-state index contributed by atoms with van der Waals surface area (Å²) in [5, 5.41) is 12.9. The van der Waals surface area contributed by atoms with Crippen LogP contribution in [0.5, 0.6) is 0 Å². The second-order valence-electron chi connectivity index (χ2n) is 5.25. The molecule has 0 spiro atoms. The lowest BCUT2D eigenvalue weighted by Gasteiger charge is -2.02. The third-order valence-corrected chi connectivity index (χ3v) is 3.88. The molecule has 21 heavy (non-hydrogen) atoms. The van der Waals surface area contributed by atoms with E-state index in [1.54, 1.807) is 0 Å². The van der Waals surface area contributed by atoms with Crippen molar-refractivity contribution in [3.05, 3.63) is 36.0 Å². The zero-order chi connectivity index (χ0) is 15.2. The maximum atomic E-state index is 12.0. The number of aromatic amines is 1. The maximum Gasteiger partial charge on any atom is 0.267 e. The SMILES string of the molecule is CC.O=C(NCCC1CC1CO)c1cc2ccccc2[nH]1. The Labute approximate surface area is 125 Å². The Balaban J connectivity index is 0.000000774. The van der Waals surface area contributed by atoms with E-state index in [9.17, 15) is 4.79 Å². The molecule has 114 valence electrons. The number of H-pyrrole nitrogens is 1. The van der Waals surface area contributed by atoms with E-state index in [1.807, 2.05) is 44.2 Å². The average molecular weight is 288 g/mol. The van der Waals surface area contributed by atoms with Crippen LogP contribution in [0, 0.1) is 11.8 Å². The van der Waals surface area contributed by atoms with Crippen molar-refractivity contribution in [2.24, 2.45) is 11.8 Å². The number of para-hydroxylation sites is 1. The summed E-state index contributed by atoms with van der Waals surface area (Å²) >= 11 is 0. The lowest BCUT2D eigenvalue weighted by molar-refractivity contribution is 0.0948. The van der Waals surface area contributed by atoms with Crippen LogP contribution in [0.4, 0.5) is 0 Å². The number of carbonyl (C=O) groups excluding carboxylic acids is 1. The van der Waals surface area contributed by atoms with Gasteiger partial charge in [-0.2, -0.15) is 0 Å². The molecule has 1 saturated carbocycles. The van der Waals surface area contributed by atoms with Gasteiger partial charge < -0.3 is 15.4 Å². The molecule has 1 aliphatic carbocycles. The van der Waals surface area contributed by atoms with Crippen molar-refractivity contribution in [2.75, 3.05) is 13.2 Å². The van der Waals surface area contributed by atoms with Crippen molar-refractivity contribution in [3.63, 3.8) is 0 Å². The highest BCUT2D eigenvalue weighted by Crippen LogP contribution is 2.40. The minimum Gasteiger partial charge on any atom is -0.396 e. The highest BCUT2D eigenvalue weighted by Gasteiger charge is 2.35. The summed E-state index contributed by atoms with van der Waals surface area (Å²) in [6.45, 7) is 4.95. The van der Waals surface area contributed by atoms with E-state index in [0.717, 1.165) is 23.7 Å². The summed E-state index contributed by atoms with van der Waals surface area (Å²) < 4.78 is 0. The normalized spacial score (nSPS) is 19.8. The first-order chi connectivity index (χ1) is 10.3. The van der Waals surface area contributed by atoms with Crippen LogP contribution >= 0.6 is 0 Å². The molecule has 2 atom stereocenters. The monoisotopic (exact) mass is 288 g/mol. The van der Waals surface area contributed by atoms with E-state index < -0.39 is 0 Å². The van der Waals surface area contributed by atoms with Gasteiger partial charge in [-0.05, 0) is 36.8 Å². The maximum absolute atomic E-state index is 12.0. The fraction of sp³-hybridized carbons (Fsp3) is 0.471. The number of carbonyl (C=O) groups is 1. The van der Waals surface area contributed by atoms with Gasteiger partial charge in [-0.15, -0.1) is 0 Å². The second kappa shape index (κ2) is 7.27. The van der Waals surface area contributed by atoms with Gasteiger partial charge in [0.15, 0.2) is 0 Å². The first-order valence-electron chi connectivity index (χ1n) is 7.74. The molecule has 1 aromatic heterocycles. The van der Waals surface area contributed by atoms with Crippen molar-refractivity contribution < 1.29 is 9.90 Å². The lowest BCUT2D eigenvalue weighted by Crippen LogP contribution is -2.25. The van der Waals surface area contributed by atoms with E-state index in [4.69, 9.17) is 5.11 Å². The predicted molar refractivity (Wildman–Crippen MR) is 85.3 cm³/mol. The number of fused-ring (bicyclic) bond motifs is 1. The van der Waals surface area contributed by atoms with Crippen LogP contribution in [-0.4, -0.2) is 29.1 Å². The van der Waals surface area contributed by atoms with Gasteiger partial charge in [0.1, 0.15) is 5.69 Å². The molecule has 3 N–H and O–H groups in total. The first kappa shape index (κ1) is 15.6. The molecular weight excluding hydrogens is 264 g/mol. The third-order valence-electron chi connectivity index (χ3n) is 3.88. The summed E-state index contributed by atoms with van der Waals surface area (Å²) in [5.74, 6) is 0.996. The number of aromatic nitrogens is 1. The van der Waals surface area contributed by atoms with Crippen molar-refractivity contribution in [1.82, 2.24) is 10.3 Å². The quantitative estimate of drug-likeness (QED) is 0.792. The van der Waals surface area contributed by atoms with Gasteiger partial charge in [0.2, 0.25) is 0 Å². The second-order valence-corrected chi connectivity index (χ2v) is 5.25. The molecule has 1 aromatic carbocycles. The molecule has 1 fully saturated rings. The van der Waals surface area contributed by atoms with Crippen LogP contribution in [-0.2, 0) is 0 Å². The highest BCUT2D eigenvalue weighted by molar-refractivity contribution is 5.97. The van der Waals surface area contributed by atoms with Gasteiger partial charge in [0.05, 0.1) is 0 Å². The average Bonchev–Trinajstić information content (AvgIpc) is 3.15. The Morgan fingerprint density at radius 1 is 1.33 bits per heavy atom. The number of hydrogen-bond acceptors (Lipinski definition) is 2. The standard InChI is InChI=1S/C15H18N2O2.C2H6/c18-9-12-7-10(12)5-6-16-15(19)14-8-11-3-1-2-4-13(11)17-14;1-2/h1-4,8,10,12,17-18H,5-7,9H2,(H,16,19);1-2H3. The summed E-state index contributed by atoms with van der Waals surface area (Å²) in [5.41, 5.74) is 1.59. The largest absolute Gasteiger partial charge is 0.396 e. The Morgan fingerprint density at radius 2 is 2.10 bits per heavy atom. The molecule has 1 aliphatic rings. The van der Waals surface area contributed by atoms with Gasteiger partial charge >= 0.3 is 0 Å². The van der Waals surface area contributed by atoms with Crippen LogP contribution in [0.1, 0.15) is 37.2 Å². The molecule has 1 amide bonds. The zero-order valence-electron chi connectivity index (χ0n) is 12.7.